The first-order valence-electron chi connectivity index (χ1n) is 9.43. The van der Waals surface area contributed by atoms with E-state index in [1.165, 1.54) is 0 Å². The van der Waals surface area contributed by atoms with Crippen molar-refractivity contribution in [1.29, 1.82) is 0 Å². The van der Waals surface area contributed by atoms with Crippen molar-refractivity contribution in [3.05, 3.63) is 96.7 Å². The van der Waals surface area contributed by atoms with Crippen LogP contribution in [0.4, 0.5) is 5.69 Å². The number of rotatable bonds is 4. The molecule has 6 nitrogen and oxygen atoms in total. The molecule has 3 aromatic carbocycles. The third-order valence-corrected chi connectivity index (χ3v) is 4.76. The van der Waals surface area contributed by atoms with Gasteiger partial charge in [-0.05, 0) is 41.1 Å². The molecule has 2 heterocycles. The number of carbonyl (C=O) groups excluding carboxylic acids is 1. The van der Waals surface area contributed by atoms with E-state index in [0.717, 1.165) is 10.8 Å². The van der Waals surface area contributed by atoms with Gasteiger partial charge >= 0.3 is 0 Å². The normalized spacial score (nSPS) is 10.8. The third kappa shape index (κ3) is 3.31. The smallest absolute Gasteiger partial charge is 0.260 e. The van der Waals surface area contributed by atoms with Crippen LogP contribution >= 0.6 is 0 Å². The number of pyridine rings is 1. The zero-order valence-electron chi connectivity index (χ0n) is 15.8. The predicted molar refractivity (Wildman–Crippen MR) is 115 cm³/mol. The second-order valence-corrected chi connectivity index (χ2v) is 6.66. The minimum Gasteiger partial charge on any atom is -0.333 e. The van der Waals surface area contributed by atoms with Gasteiger partial charge in [0.25, 0.3) is 11.8 Å². The molecule has 5 aromatic rings. The van der Waals surface area contributed by atoms with E-state index >= 15 is 0 Å². The number of carbonyl (C=O) groups is 1. The topological polar surface area (TPSA) is 80.9 Å². The summed E-state index contributed by atoms with van der Waals surface area (Å²) in [5.74, 6) is 0.494. The summed E-state index contributed by atoms with van der Waals surface area (Å²) in [6, 6.07) is 26.3. The Balaban J connectivity index is 1.49. The molecule has 0 saturated carbocycles. The zero-order valence-corrected chi connectivity index (χ0v) is 15.8. The van der Waals surface area contributed by atoms with E-state index in [-0.39, 0.29) is 5.91 Å². The lowest BCUT2D eigenvalue weighted by Crippen LogP contribution is -2.13. The van der Waals surface area contributed by atoms with Gasteiger partial charge in [-0.1, -0.05) is 59.8 Å². The first-order chi connectivity index (χ1) is 14.8. The Labute approximate surface area is 172 Å². The summed E-state index contributed by atoms with van der Waals surface area (Å²) in [7, 11) is 0. The molecule has 0 atom stereocenters. The van der Waals surface area contributed by atoms with Gasteiger partial charge in [-0.3, -0.25) is 9.78 Å². The van der Waals surface area contributed by atoms with Crippen LogP contribution in [0.5, 0.6) is 0 Å². The molecule has 0 aliphatic rings. The standard InChI is InChI=1S/C24H16N4O2/c29-23(18-12-7-9-16-8-1-2-10-17(16)18)26-20-13-4-3-11-19(20)24-27-22(28-30-24)21-14-5-6-15-25-21/h1-15H,(H,26,29). The highest BCUT2D eigenvalue weighted by atomic mass is 16.5. The van der Waals surface area contributed by atoms with E-state index in [2.05, 4.69) is 20.4 Å². The molecular weight excluding hydrogens is 376 g/mol. The number of benzene rings is 3. The van der Waals surface area contributed by atoms with Crippen LogP contribution in [0.15, 0.2) is 95.6 Å². The van der Waals surface area contributed by atoms with Crippen LogP contribution in [-0.4, -0.2) is 21.0 Å². The Morgan fingerprint density at radius 3 is 2.53 bits per heavy atom. The van der Waals surface area contributed by atoms with Gasteiger partial charge in [0.2, 0.25) is 5.82 Å². The molecule has 0 spiro atoms. The Kier molecular flexibility index (Phi) is 4.50. The number of anilines is 1. The molecule has 144 valence electrons. The third-order valence-electron chi connectivity index (χ3n) is 4.76. The highest BCUT2D eigenvalue weighted by Gasteiger charge is 2.17. The molecule has 1 amide bonds. The van der Waals surface area contributed by atoms with Crippen molar-refractivity contribution in [2.75, 3.05) is 5.32 Å². The molecule has 0 radical (unpaired) electrons. The van der Waals surface area contributed by atoms with E-state index in [1.54, 1.807) is 6.20 Å². The fourth-order valence-electron chi connectivity index (χ4n) is 3.32. The lowest BCUT2D eigenvalue weighted by Gasteiger charge is -2.10. The zero-order chi connectivity index (χ0) is 20.3. The van der Waals surface area contributed by atoms with Crippen LogP contribution < -0.4 is 5.32 Å². The van der Waals surface area contributed by atoms with E-state index in [4.69, 9.17) is 4.52 Å². The van der Waals surface area contributed by atoms with E-state index in [9.17, 15) is 4.79 Å². The lowest BCUT2D eigenvalue weighted by atomic mass is 10.0. The number of fused-ring (bicyclic) bond motifs is 1. The Morgan fingerprint density at radius 1 is 0.833 bits per heavy atom. The average Bonchev–Trinajstić information content (AvgIpc) is 3.30. The average molecular weight is 392 g/mol. The summed E-state index contributed by atoms with van der Waals surface area (Å²) in [5.41, 5.74) is 2.44. The second kappa shape index (κ2) is 7.60. The summed E-state index contributed by atoms with van der Waals surface area (Å²) >= 11 is 0. The van der Waals surface area contributed by atoms with Crippen LogP contribution in [-0.2, 0) is 0 Å². The maximum absolute atomic E-state index is 13.1. The van der Waals surface area contributed by atoms with Crippen LogP contribution in [0.3, 0.4) is 0 Å². The van der Waals surface area contributed by atoms with Gasteiger partial charge in [0.05, 0.1) is 11.3 Å². The number of nitrogens with zero attached hydrogens (tertiary/aromatic N) is 3. The Morgan fingerprint density at radius 2 is 1.63 bits per heavy atom. The van der Waals surface area contributed by atoms with Gasteiger partial charge in [0, 0.05) is 11.8 Å². The lowest BCUT2D eigenvalue weighted by molar-refractivity contribution is 0.102. The Hall–Kier alpha value is -4.32. The molecule has 0 saturated heterocycles. The quantitative estimate of drug-likeness (QED) is 0.454. The molecule has 0 fully saturated rings. The largest absolute Gasteiger partial charge is 0.333 e. The summed E-state index contributed by atoms with van der Waals surface area (Å²) in [6.07, 6.45) is 1.67. The Bertz CT molecular complexity index is 1340. The fourth-order valence-corrected chi connectivity index (χ4v) is 3.32. The minimum atomic E-state index is -0.205. The van der Waals surface area contributed by atoms with Crippen LogP contribution in [0.2, 0.25) is 0 Å². The summed E-state index contributed by atoms with van der Waals surface area (Å²) < 4.78 is 5.45. The number of nitrogens with one attached hydrogen (secondary N) is 1. The van der Waals surface area contributed by atoms with Gasteiger partial charge in [0.15, 0.2) is 0 Å². The summed E-state index contributed by atoms with van der Waals surface area (Å²) in [5, 5.41) is 8.91. The molecule has 0 bridgehead atoms. The fraction of sp³-hybridized carbons (Fsp3) is 0. The first-order valence-corrected chi connectivity index (χ1v) is 9.43. The second-order valence-electron chi connectivity index (χ2n) is 6.66. The maximum atomic E-state index is 13.1. The van der Waals surface area contributed by atoms with Crippen molar-refractivity contribution >= 4 is 22.4 Å². The number of hydrogen-bond acceptors (Lipinski definition) is 5. The summed E-state index contributed by atoms with van der Waals surface area (Å²) in [4.78, 5) is 21.7. The molecule has 1 N–H and O–H groups in total. The molecule has 2 aromatic heterocycles. The van der Waals surface area contributed by atoms with Gasteiger partial charge < -0.3 is 9.84 Å². The monoisotopic (exact) mass is 392 g/mol. The predicted octanol–water partition coefficient (Wildman–Crippen LogP) is 5.20. The number of aromatic nitrogens is 3. The maximum Gasteiger partial charge on any atom is 0.260 e. The molecule has 0 unspecified atom stereocenters. The van der Waals surface area contributed by atoms with Gasteiger partial charge in [-0.25, -0.2) is 0 Å². The van der Waals surface area contributed by atoms with Crippen molar-refractivity contribution in [3.63, 3.8) is 0 Å². The minimum absolute atomic E-state index is 0.205. The molecular formula is C24H16N4O2. The van der Waals surface area contributed by atoms with Gasteiger partial charge in [-0.15, -0.1) is 0 Å². The van der Waals surface area contributed by atoms with Gasteiger partial charge in [-0.2, -0.15) is 4.98 Å². The highest BCUT2D eigenvalue weighted by molar-refractivity contribution is 6.13. The van der Waals surface area contributed by atoms with Crippen LogP contribution in [0, 0.1) is 0 Å². The highest BCUT2D eigenvalue weighted by Crippen LogP contribution is 2.29. The first kappa shape index (κ1) is 17.8. The van der Waals surface area contributed by atoms with Crippen LogP contribution in [0.1, 0.15) is 10.4 Å². The molecule has 6 heteroatoms. The molecule has 0 aliphatic heterocycles. The number of para-hydroxylation sites is 1. The molecule has 5 rings (SSSR count). The SMILES string of the molecule is O=C(Nc1ccccc1-c1nc(-c2ccccn2)no1)c1cccc2ccccc12. The van der Waals surface area contributed by atoms with E-state index < -0.39 is 0 Å². The van der Waals surface area contributed by atoms with Crippen LogP contribution in [0.25, 0.3) is 33.7 Å². The van der Waals surface area contributed by atoms with E-state index in [1.807, 2.05) is 84.9 Å². The van der Waals surface area contributed by atoms with Crippen molar-refractivity contribution in [2.24, 2.45) is 0 Å². The van der Waals surface area contributed by atoms with E-state index in [0.29, 0.717) is 34.2 Å². The molecule has 30 heavy (non-hydrogen) atoms. The number of hydrogen-bond donors (Lipinski definition) is 1. The number of amides is 1. The van der Waals surface area contributed by atoms with Crippen molar-refractivity contribution in [3.8, 4) is 23.0 Å². The van der Waals surface area contributed by atoms with Crippen molar-refractivity contribution < 1.29 is 9.32 Å². The van der Waals surface area contributed by atoms with Crippen molar-refractivity contribution in [2.45, 2.75) is 0 Å². The van der Waals surface area contributed by atoms with Gasteiger partial charge in [0.1, 0.15) is 5.69 Å². The summed E-state index contributed by atoms with van der Waals surface area (Å²) in [6.45, 7) is 0. The molecule has 0 aliphatic carbocycles. The van der Waals surface area contributed by atoms with Crippen molar-refractivity contribution in [1.82, 2.24) is 15.1 Å².